The van der Waals surface area contributed by atoms with Crippen LogP contribution in [0.5, 0.6) is 0 Å². The average molecular weight is 312 g/mol. The van der Waals surface area contributed by atoms with Crippen LogP contribution in [0.15, 0.2) is 4.21 Å². The maximum Gasteiger partial charge on any atom is 0.252 e. The van der Waals surface area contributed by atoms with Gasteiger partial charge in [0.2, 0.25) is 5.91 Å². The third-order valence-corrected chi connectivity index (χ3v) is 5.53. The fraction of sp³-hybridized carbons (Fsp3) is 0.556. The Morgan fingerprint density at radius 3 is 2.44 bits per heavy atom. The van der Waals surface area contributed by atoms with Crippen molar-refractivity contribution in [2.75, 3.05) is 14.1 Å². The number of hydrogen-bond acceptors (Lipinski definition) is 5. The first-order valence-corrected chi connectivity index (χ1v) is 7.69. The highest BCUT2D eigenvalue weighted by Gasteiger charge is 2.26. The number of rotatable bonds is 4. The van der Waals surface area contributed by atoms with Crippen molar-refractivity contribution in [3.05, 3.63) is 10.2 Å². The molecular formula is C9H14ClN3O3S2. The van der Waals surface area contributed by atoms with Crippen molar-refractivity contribution in [3.8, 4) is 0 Å². The van der Waals surface area contributed by atoms with E-state index in [-0.39, 0.29) is 14.6 Å². The fourth-order valence-electron chi connectivity index (χ4n) is 1.32. The summed E-state index contributed by atoms with van der Waals surface area (Å²) in [5.74, 6) is -0.327. The van der Waals surface area contributed by atoms with Crippen molar-refractivity contribution in [1.82, 2.24) is 14.6 Å². The zero-order valence-electron chi connectivity index (χ0n) is 10.4. The molecule has 0 spiro atoms. The zero-order valence-corrected chi connectivity index (χ0v) is 12.8. The predicted octanol–water partition coefficient (Wildman–Crippen LogP) is 0.860. The first-order valence-electron chi connectivity index (χ1n) is 5.01. The Balaban J connectivity index is 2.96. The molecule has 0 aliphatic heterocycles. The third-order valence-electron chi connectivity index (χ3n) is 2.12. The molecule has 0 aliphatic carbocycles. The number of carbonyl (C=O) groups is 1. The van der Waals surface area contributed by atoms with E-state index in [1.807, 2.05) is 0 Å². The normalized spacial score (nSPS) is 13.4. The van der Waals surface area contributed by atoms with E-state index in [9.17, 15) is 13.2 Å². The number of amides is 1. The van der Waals surface area contributed by atoms with E-state index >= 15 is 0 Å². The Bertz CT molecular complexity index is 553. The molecule has 1 unspecified atom stereocenters. The average Bonchev–Trinajstić information content (AvgIpc) is 2.56. The Morgan fingerprint density at radius 2 is 2.06 bits per heavy atom. The van der Waals surface area contributed by atoms with Crippen molar-refractivity contribution in [3.63, 3.8) is 0 Å². The van der Waals surface area contributed by atoms with Crippen LogP contribution in [0.3, 0.4) is 0 Å². The lowest BCUT2D eigenvalue weighted by atomic mass is 10.3. The van der Waals surface area contributed by atoms with Gasteiger partial charge in [0.1, 0.15) is 0 Å². The molecule has 1 amide bonds. The minimum atomic E-state index is -3.77. The molecule has 1 atom stereocenters. The number of thiazole rings is 1. The van der Waals surface area contributed by atoms with Crippen LogP contribution in [0.2, 0.25) is 4.47 Å². The number of aromatic nitrogens is 1. The van der Waals surface area contributed by atoms with E-state index in [4.69, 9.17) is 11.6 Å². The molecule has 18 heavy (non-hydrogen) atoms. The lowest BCUT2D eigenvalue weighted by molar-refractivity contribution is -0.130. The first kappa shape index (κ1) is 15.4. The SMILES string of the molecule is Cc1nc(Cl)sc1S(=O)(=O)NC(C)C(=O)N(C)C. The maximum absolute atomic E-state index is 12.0. The summed E-state index contributed by atoms with van der Waals surface area (Å²) in [6.45, 7) is 3.03. The monoisotopic (exact) mass is 311 g/mol. The van der Waals surface area contributed by atoms with Crippen LogP contribution >= 0.6 is 22.9 Å². The quantitative estimate of drug-likeness (QED) is 0.894. The molecule has 102 valence electrons. The van der Waals surface area contributed by atoms with Gasteiger partial charge >= 0.3 is 0 Å². The molecule has 1 rings (SSSR count). The molecule has 0 saturated carbocycles. The van der Waals surface area contributed by atoms with Crippen LogP contribution in [-0.2, 0) is 14.8 Å². The summed E-state index contributed by atoms with van der Waals surface area (Å²) in [6, 6.07) is -0.842. The molecule has 1 N–H and O–H groups in total. The van der Waals surface area contributed by atoms with Crippen molar-refractivity contribution in [1.29, 1.82) is 0 Å². The van der Waals surface area contributed by atoms with Gasteiger partial charge in [0.05, 0.1) is 11.7 Å². The Kier molecular flexibility index (Phi) is 4.71. The molecule has 0 saturated heterocycles. The van der Waals surface area contributed by atoms with E-state index in [0.29, 0.717) is 5.69 Å². The number of likely N-dealkylation sites (N-methyl/N-ethyl adjacent to an activating group) is 1. The Morgan fingerprint density at radius 1 is 1.50 bits per heavy atom. The highest BCUT2D eigenvalue weighted by Crippen LogP contribution is 2.26. The molecule has 0 aliphatic rings. The molecule has 0 fully saturated rings. The molecule has 1 aromatic rings. The van der Waals surface area contributed by atoms with E-state index < -0.39 is 16.1 Å². The topological polar surface area (TPSA) is 79.4 Å². The number of nitrogens with one attached hydrogen (secondary N) is 1. The summed E-state index contributed by atoms with van der Waals surface area (Å²) in [5, 5.41) is 0. The molecule has 1 heterocycles. The lowest BCUT2D eigenvalue weighted by Crippen LogP contribution is -2.44. The van der Waals surface area contributed by atoms with Crippen LogP contribution in [0, 0.1) is 6.92 Å². The highest BCUT2D eigenvalue weighted by atomic mass is 35.5. The lowest BCUT2D eigenvalue weighted by Gasteiger charge is -2.17. The largest absolute Gasteiger partial charge is 0.347 e. The van der Waals surface area contributed by atoms with Gasteiger partial charge in [0, 0.05) is 14.1 Å². The predicted molar refractivity (Wildman–Crippen MR) is 70.3 cm³/mol. The minimum absolute atomic E-state index is 0.0332. The second kappa shape index (κ2) is 5.52. The zero-order chi connectivity index (χ0) is 14.1. The van der Waals surface area contributed by atoms with Crippen LogP contribution in [0.25, 0.3) is 0 Å². The maximum atomic E-state index is 12.0. The molecular weight excluding hydrogens is 298 g/mol. The molecule has 1 aromatic heterocycles. The van der Waals surface area contributed by atoms with Gasteiger partial charge < -0.3 is 4.90 Å². The molecule has 0 aromatic carbocycles. The number of nitrogens with zero attached hydrogens (tertiary/aromatic N) is 2. The fourth-order valence-corrected chi connectivity index (χ4v) is 4.28. The van der Waals surface area contributed by atoms with E-state index in [0.717, 1.165) is 11.3 Å². The molecule has 0 bridgehead atoms. The number of carbonyl (C=O) groups excluding carboxylic acids is 1. The summed E-state index contributed by atoms with van der Waals surface area (Å²) in [7, 11) is -0.659. The third kappa shape index (κ3) is 3.41. The van der Waals surface area contributed by atoms with Crippen LogP contribution < -0.4 is 4.72 Å². The van der Waals surface area contributed by atoms with Crippen molar-refractivity contribution < 1.29 is 13.2 Å². The van der Waals surface area contributed by atoms with Crippen LogP contribution in [0.1, 0.15) is 12.6 Å². The molecule has 6 nitrogen and oxygen atoms in total. The summed E-state index contributed by atoms with van der Waals surface area (Å²) in [6.07, 6.45) is 0. The Hall–Kier alpha value is -0.700. The van der Waals surface area contributed by atoms with Gasteiger partial charge in [-0.2, -0.15) is 4.72 Å². The smallest absolute Gasteiger partial charge is 0.252 e. The number of halogens is 1. The summed E-state index contributed by atoms with van der Waals surface area (Å²) in [5.41, 5.74) is 0.321. The minimum Gasteiger partial charge on any atom is -0.347 e. The van der Waals surface area contributed by atoms with E-state index in [1.165, 1.54) is 11.8 Å². The first-order chi connectivity index (χ1) is 8.15. The summed E-state index contributed by atoms with van der Waals surface area (Å²) in [4.78, 5) is 16.8. The second-order valence-corrected chi connectivity index (χ2v) is 7.41. The summed E-state index contributed by atoms with van der Waals surface area (Å²) >= 11 is 6.52. The van der Waals surface area contributed by atoms with Gasteiger partial charge in [0.15, 0.2) is 8.68 Å². The van der Waals surface area contributed by atoms with Gasteiger partial charge in [-0.15, -0.1) is 0 Å². The molecule has 9 heteroatoms. The molecule has 0 radical (unpaired) electrons. The van der Waals surface area contributed by atoms with Gasteiger partial charge in [-0.1, -0.05) is 22.9 Å². The highest BCUT2D eigenvalue weighted by molar-refractivity contribution is 7.91. The number of hydrogen-bond donors (Lipinski definition) is 1. The van der Waals surface area contributed by atoms with Crippen molar-refractivity contribution >= 4 is 38.9 Å². The van der Waals surface area contributed by atoms with Crippen LogP contribution in [0.4, 0.5) is 0 Å². The van der Waals surface area contributed by atoms with Gasteiger partial charge in [-0.3, -0.25) is 4.79 Å². The van der Waals surface area contributed by atoms with Gasteiger partial charge in [0.25, 0.3) is 10.0 Å². The van der Waals surface area contributed by atoms with Gasteiger partial charge in [-0.05, 0) is 13.8 Å². The number of aryl methyl sites for hydroxylation is 1. The summed E-state index contributed by atoms with van der Waals surface area (Å²) < 4.78 is 26.6. The van der Waals surface area contributed by atoms with Gasteiger partial charge in [-0.25, -0.2) is 13.4 Å². The Labute approximate surface area is 115 Å². The standard InChI is InChI=1S/C9H14ClN3O3S2/c1-5(7(14)13(3)4)12-18(15,16)8-6(2)11-9(10)17-8/h5,12H,1-4H3. The van der Waals surface area contributed by atoms with Crippen LogP contribution in [-0.4, -0.2) is 44.3 Å². The van der Waals surface area contributed by atoms with E-state index in [2.05, 4.69) is 9.71 Å². The van der Waals surface area contributed by atoms with Crippen molar-refractivity contribution in [2.24, 2.45) is 0 Å². The van der Waals surface area contributed by atoms with Crippen molar-refractivity contribution in [2.45, 2.75) is 24.1 Å². The number of sulfonamides is 1. The van der Waals surface area contributed by atoms with E-state index in [1.54, 1.807) is 21.0 Å². The second-order valence-electron chi connectivity index (χ2n) is 3.92.